The third-order valence-corrected chi connectivity index (χ3v) is 4.29. The molecule has 0 aromatic carbocycles. The first-order chi connectivity index (χ1) is 8.74. The largest absolute Gasteiger partial charge is 0.370 e. The highest BCUT2D eigenvalue weighted by Crippen LogP contribution is 2.34. The second kappa shape index (κ2) is 8.29. The Hall–Kier alpha value is -0.0400. The lowest BCUT2D eigenvalue weighted by atomic mass is 10.2. The van der Waals surface area contributed by atoms with Crippen LogP contribution >= 0.6 is 24.0 Å². The van der Waals surface area contributed by atoms with E-state index in [4.69, 9.17) is 5.73 Å². The van der Waals surface area contributed by atoms with Crippen molar-refractivity contribution in [2.75, 3.05) is 19.6 Å². The van der Waals surface area contributed by atoms with Crippen LogP contribution in [-0.4, -0.2) is 42.6 Å². The second-order valence-electron chi connectivity index (χ2n) is 5.69. The van der Waals surface area contributed by atoms with Gasteiger partial charge in [0.15, 0.2) is 5.96 Å². The summed E-state index contributed by atoms with van der Waals surface area (Å²) in [5.74, 6) is 1.49. The van der Waals surface area contributed by atoms with Crippen molar-refractivity contribution in [2.24, 2.45) is 16.6 Å². The van der Waals surface area contributed by atoms with E-state index in [0.717, 1.165) is 19.0 Å². The van der Waals surface area contributed by atoms with E-state index in [0.29, 0.717) is 18.0 Å². The maximum atomic E-state index is 5.96. The molecule has 3 atom stereocenters. The predicted octanol–water partition coefficient (Wildman–Crippen LogP) is 2.18. The topological polar surface area (TPSA) is 53.6 Å². The molecule has 4 nitrogen and oxygen atoms in total. The molecular formula is C14H29IN4. The predicted molar refractivity (Wildman–Crippen MR) is 92.1 cm³/mol. The van der Waals surface area contributed by atoms with Crippen LogP contribution in [0, 0.1) is 5.92 Å². The molecule has 2 rings (SSSR count). The van der Waals surface area contributed by atoms with Gasteiger partial charge in [0.25, 0.3) is 0 Å². The summed E-state index contributed by atoms with van der Waals surface area (Å²) in [6, 6.07) is 1.21. The Morgan fingerprint density at radius 3 is 2.89 bits per heavy atom. The molecule has 1 saturated carbocycles. The van der Waals surface area contributed by atoms with Gasteiger partial charge in [-0.15, -0.1) is 24.0 Å². The van der Waals surface area contributed by atoms with Gasteiger partial charge >= 0.3 is 0 Å². The first-order valence-corrected chi connectivity index (χ1v) is 7.55. The Morgan fingerprint density at radius 1 is 1.42 bits per heavy atom. The lowest BCUT2D eigenvalue weighted by molar-refractivity contribution is 0.273. The van der Waals surface area contributed by atoms with Gasteiger partial charge in [0.2, 0.25) is 0 Å². The third-order valence-electron chi connectivity index (χ3n) is 4.29. The van der Waals surface area contributed by atoms with Gasteiger partial charge in [-0.2, -0.15) is 0 Å². The summed E-state index contributed by atoms with van der Waals surface area (Å²) >= 11 is 0. The van der Waals surface area contributed by atoms with Gasteiger partial charge in [0.05, 0.1) is 6.54 Å². The fraction of sp³-hybridized carbons (Fsp3) is 0.929. The van der Waals surface area contributed by atoms with Gasteiger partial charge in [-0.3, -0.25) is 9.89 Å². The Bertz CT molecular complexity index is 295. The van der Waals surface area contributed by atoms with E-state index in [1.807, 2.05) is 0 Å². The molecule has 0 radical (unpaired) electrons. The summed E-state index contributed by atoms with van der Waals surface area (Å²) in [4.78, 5) is 7.03. The van der Waals surface area contributed by atoms with Crippen LogP contribution in [-0.2, 0) is 0 Å². The zero-order valence-electron chi connectivity index (χ0n) is 12.3. The monoisotopic (exact) mass is 380 g/mol. The molecule has 112 valence electrons. The zero-order valence-corrected chi connectivity index (χ0v) is 14.6. The van der Waals surface area contributed by atoms with Crippen molar-refractivity contribution < 1.29 is 0 Å². The summed E-state index contributed by atoms with van der Waals surface area (Å²) < 4.78 is 0. The Kier molecular flexibility index (Phi) is 7.42. The molecule has 5 heteroatoms. The number of halogens is 1. The fourth-order valence-electron chi connectivity index (χ4n) is 3.07. The molecule has 1 saturated heterocycles. The maximum absolute atomic E-state index is 5.96. The van der Waals surface area contributed by atoms with E-state index in [-0.39, 0.29) is 24.0 Å². The fourth-order valence-corrected chi connectivity index (χ4v) is 3.07. The number of rotatable bonds is 6. The molecule has 2 aliphatic rings. The van der Waals surface area contributed by atoms with Crippen LogP contribution in [0.15, 0.2) is 4.99 Å². The summed E-state index contributed by atoms with van der Waals surface area (Å²) in [5, 5.41) is 3.35. The number of nitrogens with two attached hydrogens (primary N) is 1. The summed E-state index contributed by atoms with van der Waals surface area (Å²) in [6.45, 7) is 7.69. The molecule has 0 spiro atoms. The average Bonchev–Trinajstić information content (AvgIpc) is 2.93. The highest BCUT2D eigenvalue weighted by Gasteiger charge is 2.36. The van der Waals surface area contributed by atoms with Crippen molar-refractivity contribution in [3.8, 4) is 0 Å². The lowest BCUT2D eigenvalue weighted by Crippen LogP contribution is -2.37. The van der Waals surface area contributed by atoms with E-state index < -0.39 is 0 Å². The van der Waals surface area contributed by atoms with Gasteiger partial charge in [-0.25, -0.2) is 0 Å². The molecule has 0 amide bonds. The first-order valence-electron chi connectivity index (χ1n) is 7.55. The molecule has 3 N–H and O–H groups in total. The van der Waals surface area contributed by atoms with Crippen molar-refractivity contribution in [1.29, 1.82) is 0 Å². The summed E-state index contributed by atoms with van der Waals surface area (Å²) in [7, 11) is 0. The summed E-state index contributed by atoms with van der Waals surface area (Å²) in [6.07, 6.45) is 6.44. The lowest BCUT2D eigenvalue weighted by Gasteiger charge is -2.21. The van der Waals surface area contributed by atoms with Crippen LogP contribution in [0.5, 0.6) is 0 Å². The van der Waals surface area contributed by atoms with Crippen molar-refractivity contribution >= 4 is 29.9 Å². The quantitative estimate of drug-likeness (QED) is 0.422. The molecule has 1 aliphatic heterocycles. The number of nitrogens with zero attached hydrogens (tertiary/aromatic N) is 2. The van der Waals surface area contributed by atoms with E-state index in [1.54, 1.807) is 0 Å². The van der Waals surface area contributed by atoms with Gasteiger partial charge in [-0.05, 0) is 44.7 Å². The highest BCUT2D eigenvalue weighted by molar-refractivity contribution is 14.0. The Balaban J connectivity index is 0.00000180. The number of hydrogen-bond donors (Lipinski definition) is 2. The van der Waals surface area contributed by atoms with Crippen LogP contribution in [0.25, 0.3) is 0 Å². The number of aliphatic imine (C=N–C) groups is 1. The molecular weight excluding hydrogens is 351 g/mol. The third kappa shape index (κ3) is 5.10. The molecule has 1 aliphatic carbocycles. The smallest absolute Gasteiger partial charge is 0.188 e. The van der Waals surface area contributed by atoms with Gasteiger partial charge < -0.3 is 11.1 Å². The average molecular weight is 380 g/mol. The number of guanidine groups is 1. The zero-order chi connectivity index (χ0) is 13.0. The summed E-state index contributed by atoms with van der Waals surface area (Å²) in [5.41, 5.74) is 5.96. The molecule has 1 heterocycles. The van der Waals surface area contributed by atoms with Crippen LogP contribution in [0.3, 0.4) is 0 Å². The maximum Gasteiger partial charge on any atom is 0.188 e. The number of hydrogen-bond acceptors (Lipinski definition) is 2. The van der Waals surface area contributed by atoms with Crippen molar-refractivity contribution in [3.05, 3.63) is 0 Å². The first kappa shape index (κ1) is 17.0. The number of likely N-dealkylation sites (tertiary alicyclic amines) is 1. The van der Waals surface area contributed by atoms with E-state index in [2.05, 4.69) is 29.1 Å². The highest BCUT2D eigenvalue weighted by atomic mass is 127. The second-order valence-corrected chi connectivity index (χ2v) is 5.69. The SMILES string of the molecule is CCCC1CC1NC(N)=NCC1CCCN1CC.I. The molecule has 0 bridgehead atoms. The molecule has 2 fully saturated rings. The molecule has 0 aromatic heterocycles. The van der Waals surface area contributed by atoms with Crippen molar-refractivity contribution in [1.82, 2.24) is 10.2 Å². The Labute approximate surface area is 134 Å². The van der Waals surface area contributed by atoms with Gasteiger partial charge in [-0.1, -0.05) is 20.3 Å². The van der Waals surface area contributed by atoms with E-state index >= 15 is 0 Å². The van der Waals surface area contributed by atoms with Crippen LogP contribution in [0.1, 0.15) is 46.0 Å². The minimum absolute atomic E-state index is 0. The van der Waals surface area contributed by atoms with Crippen LogP contribution in [0.2, 0.25) is 0 Å². The van der Waals surface area contributed by atoms with Crippen LogP contribution in [0.4, 0.5) is 0 Å². The minimum atomic E-state index is 0. The number of likely N-dealkylation sites (N-methyl/N-ethyl adjacent to an activating group) is 1. The van der Waals surface area contributed by atoms with Gasteiger partial charge in [0, 0.05) is 12.1 Å². The Morgan fingerprint density at radius 2 is 2.21 bits per heavy atom. The normalized spacial score (nSPS) is 31.1. The molecule has 19 heavy (non-hydrogen) atoms. The minimum Gasteiger partial charge on any atom is -0.370 e. The van der Waals surface area contributed by atoms with E-state index in [1.165, 1.54) is 38.6 Å². The van der Waals surface area contributed by atoms with E-state index in [9.17, 15) is 0 Å². The van der Waals surface area contributed by atoms with Gasteiger partial charge in [0.1, 0.15) is 0 Å². The molecule has 3 unspecified atom stereocenters. The number of nitrogens with one attached hydrogen (secondary N) is 1. The standard InChI is InChI=1S/C14H28N4.HI/c1-3-6-11-9-13(11)17-14(15)16-10-12-7-5-8-18(12)4-2;/h11-13H,3-10H2,1-2H3,(H3,15,16,17);1H. The van der Waals surface area contributed by atoms with Crippen LogP contribution < -0.4 is 11.1 Å². The van der Waals surface area contributed by atoms with Crippen molar-refractivity contribution in [2.45, 2.75) is 58.0 Å². The van der Waals surface area contributed by atoms with Crippen molar-refractivity contribution in [3.63, 3.8) is 0 Å². The molecule has 0 aromatic rings.